The summed E-state index contributed by atoms with van der Waals surface area (Å²) >= 11 is 12.0. The average molecular weight is 379 g/mol. The zero-order valence-electron chi connectivity index (χ0n) is 13.8. The van der Waals surface area contributed by atoms with Crippen molar-refractivity contribution >= 4 is 34.8 Å². The molecule has 25 heavy (non-hydrogen) atoms. The highest BCUT2D eigenvalue weighted by Gasteiger charge is 2.19. The van der Waals surface area contributed by atoms with Crippen LogP contribution in [-0.2, 0) is 11.3 Å². The van der Waals surface area contributed by atoms with E-state index in [4.69, 9.17) is 23.2 Å². The summed E-state index contributed by atoms with van der Waals surface area (Å²) in [5.41, 5.74) is 1.81. The van der Waals surface area contributed by atoms with Crippen molar-refractivity contribution in [2.45, 2.75) is 6.54 Å². The molecule has 0 radical (unpaired) electrons. The fourth-order valence-electron chi connectivity index (χ4n) is 2.84. The number of pyridine rings is 1. The molecule has 1 aromatic carbocycles. The van der Waals surface area contributed by atoms with Crippen LogP contribution in [0.2, 0.25) is 10.0 Å². The van der Waals surface area contributed by atoms with Gasteiger partial charge in [0.15, 0.2) is 0 Å². The highest BCUT2D eigenvalue weighted by Crippen LogP contribution is 2.25. The molecule has 5 nitrogen and oxygen atoms in total. The van der Waals surface area contributed by atoms with E-state index in [9.17, 15) is 4.79 Å². The fraction of sp³-hybridized carbons (Fsp3) is 0.333. The molecule has 2 heterocycles. The number of nitrogens with zero attached hydrogens (tertiary/aromatic N) is 3. The van der Waals surface area contributed by atoms with Crippen molar-refractivity contribution in [2.24, 2.45) is 0 Å². The number of benzene rings is 1. The second-order valence-electron chi connectivity index (χ2n) is 6.08. The molecule has 1 fully saturated rings. The number of anilines is 1. The molecule has 0 aliphatic carbocycles. The van der Waals surface area contributed by atoms with Crippen LogP contribution in [0.5, 0.6) is 0 Å². The van der Waals surface area contributed by atoms with Gasteiger partial charge in [0.1, 0.15) is 0 Å². The lowest BCUT2D eigenvalue weighted by atomic mass is 10.2. The van der Waals surface area contributed by atoms with Crippen LogP contribution < -0.4 is 5.32 Å². The molecule has 3 rings (SSSR count). The van der Waals surface area contributed by atoms with E-state index in [0.717, 1.165) is 32.7 Å². The van der Waals surface area contributed by atoms with Gasteiger partial charge in [-0.15, -0.1) is 0 Å². The number of carbonyl (C=O) groups is 1. The maximum absolute atomic E-state index is 12.2. The molecule has 1 N–H and O–H groups in total. The first kappa shape index (κ1) is 18.1. The predicted octanol–water partition coefficient (Wildman–Crippen LogP) is 3.14. The van der Waals surface area contributed by atoms with Crippen LogP contribution in [0.4, 0.5) is 5.69 Å². The summed E-state index contributed by atoms with van der Waals surface area (Å²) < 4.78 is 0. The molecule has 1 saturated heterocycles. The topological polar surface area (TPSA) is 48.5 Å². The van der Waals surface area contributed by atoms with Gasteiger partial charge < -0.3 is 5.32 Å². The highest BCUT2D eigenvalue weighted by atomic mass is 35.5. The third-order valence-electron chi connectivity index (χ3n) is 4.19. The lowest BCUT2D eigenvalue weighted by molar-refractivity contribution is -0.117. The third kappa shape index (κ3) is 5.41. The predicted molar refractivity (Wildman–Crippen MR) is 101 cm³/mol. The summed E-state index contributed by atoms with van der Waals surface area (Å²) in [6.07, 6.45) is 3.63. The van der Waals surface area contributed by atoms with Gasteiger partial charge in [-0.2, -0.15) is 0 Å². The second kappa shape index (κ2) is 8.63. The molecule has 1 aliphatic heterocycles. The molecule has 0 spiro atoms. The average Bonchev–Trinajstić information content (AvgIpc) is 2.61. The summed E-state index contributed by atoms with van der Waals surface area (Å²) in [6, 6.07) is 9.11. The standard InChI is InChI=1S/C18H20Cl2N4O/c19-15-1-2-16(20)17(11-15)22-18(25)13-24-9-7-23(8-10-24)12-14-3-5-21-6-4-14/h1-6,11H,7-10,12-13H2,(H,22,25). The number of carbonyl (C=O) groups excluding carboxylic acids is 1. The number of amides is 1. The van der Waals surface area contributed by atoms with Crippen LogP contribution in [0.1, 0.15) is 5.56 Å². The fourth-order valence-corrected chi connectivity index (χ4v) is 3.17. The van der Waals surface area contributed by atoms with Gasteiger partial charge in [0.05, 0.1) is 17.3 Å². The largest absolute Gasteiger partial charge is 0.324 e. The molecule has 0 atom stereocenters. The van der Waals surface area contributed by atoms with E-state index in [1.165, 1.54) is 5.56 Å². The second-order valence-corrected chi connectivity index (χ2v) is 6.92. The minimum Gasteiger partial charge on any atom is -0.324 e. The Morgan fingerprint density at radius 2 is 1.72 bits per heavy atom. The molecule has 0 unspecified atom stereocenters. The van der Waals surface area contributed by atoms with Crippen molar-refractivity contribution in [1.29, 1.82) is 0 Å². The molecule has 1 aliphatic rings. The van der Waals surface area contributed by atoms with Crippen molar-refractivity contribution < 1.29 is 4.79 Å². The molecule has 1 amide bonds. The van der Waals surface area contributed by atoms with Gasteiger partial charge in [0, 0.05) is 50.1 Å². The van der Waals surface area contributed by atoms with E-state index in [-0.39, 0.29) is 5.91 Å². The summed E-state index contributed by atoms with van der Waals surface area (Å²) in [6.45, 7) is 4.87. The van der Waals surface area contributed by atoms with Gasteiger partial charge in [-0.1, -0.05) is 23.2 Å². The van der Waals surface area contributed by atoms with E-state index >= 15 is 0 Å². The lowest BCUT2D eigenvalue weighted by Gasteiger charge is -2.34. The maximum atomic E-state index is 12.2. The number of nitrogens with one attached hydrogen (secondary N) is 1. The minimum absolute atomic E-state index is 0.0771. The molecule has 0 bridgehead atoms. The van der Waals surface area contributed by atoms with Gasteiger partial charge in [-0.05, 0) is 35.9 Å². The Kier molecular flexibility index (Phi) is 6.26. The zero-order valence-corrected chi connectivity index (χ0v) is 15.3. The summed E-state index contributed by atoms with van der Waals surface area (Å²) in [7, 11) is 0. The quantitative estimate of drug-likeness (QED) is 0.867. The first-order chi connectivity index (χ1) is 12.1. The van der Waals surface area contributed by atoms with E-state index in [0.29, 0.717) is 22.3 Å². The van der Waals surface area contributed by atoms with Crippen LogP contribution in [0.15, 0.2) is 42.7 Å². The molecule has 7 heteroatoms. The Morgan fingerprint density at radius 1 is 1.04 bits per heavy atom. The smallest absolute Gasteiger partial charge is 0.238 e. The van der Waals surface area contributed by atoms with Crippen LogP contribution in [0, 0.1) is 0 Å². The van der Waals surface area contributed by atoms with Gasteiger partial charge in [-0.3, -0.25) is 19.6 Å². The van der Waals surface area contributed by atoms with Crippen molar-refractivity contribution in [3.63, 3.8) is 0 Å². The first-order valence-electron chi connectivity index (χ1n) is 8.19. The van der Waals surface area contributed by atoms with Crippen molar-refractivity contribution in [3.8, 4) is 0 Å². The van der Waals surface area contributed by atoms with Crippen LogP contribution in [0.3, 0.4) is 0 Å². The Labute approximate surface area is 157 Å². The third-order valence-corrected chi connectivity index (χ3v) is 4.75. The van der Waals surface area contributed by atoms with Crippen LogP contribution in [-0.4, -0.2) is 53.4 Å². The zero-order chi connectivity index (χ0) is 17.6. The molecular weight excluding hydrogens is 359 g/mol. The highest BCUT2D eigenvalue weighted by molar-refractivity contribution is 6.35. The van der Waals surface area contributed by atoms with Crippen molar-refractivity contribution in [1.82, 2.24) is 14.8 Å². The van der Waals surface area contributed by atoms with Gasteiger partial charge >= 0.3 is 0 Å². The normalized spacial score (nSPS) is 15.9. The van der Waals surface area contributed by atoms with E-state index < -0.39 is 0 Å². The van der Waals surface area contributed by atoms with Gasteiger partial charge in [0.25, 0.3) is 0 Å². The summed E-state index contributed by atoms with van der Waals surface area (Å²) in [4.78, 5) is 20.8. The van der Waals surface area contributed by atoms with Gasteiger partial charge in [-0.25, -0.2) is 0 Å². The lowest BCUT2D eigenvalue weighted by Crippen LogP contribution is -2.48. The van der Waals surface area contributed by atoms with Crippen LogP contribution in [0.25, 0.3) is 0 Å². The van der Waals surface area contributed by atoms with Crippen LogP contribution >= 0.6 is 23.2 Å². The van der Waals surface area contributed by atoms with Crippen molar-refractivity contribution in [3.05, 3.63) is 58.3 Å². The van der Waals surface area contributed by atoms with Gasteiger partial charge in [0.2, 0.25) is 5.91 Å². The number of halogens is 2. The Morgan fingerprint density at radius 3 is 2.44 bits per heavy atom. The molecule has 1 aromatic heterocycles. The molecule has 0 saturated carbocycles. The minimum atomic E-state index is -0.0771. The monoisotopic (exact) mass is 378 g/mol. The van der Waals surface area contributed by atoms with E-state index in [2.05, 4.69) is 20.1 Å². The Hall–Kier alpha value is -1.66. The number of rotatable bonds is 5. The number of aromatic nitrogens is 1. The molecular formula is C18H20Cl2N4O. The first-order valence-corrected chi connectivity index (χ1v) is 8.94. The number of hydrogen-bond donors (Lipinski definition) is 1. The Balaban J connectivity index is 1.45. The number of hydrogen-bond acceptors (Lipinski definition) is 4. The SMILES string of the molecule is O=C(CN1CCN(Cc2ccncc2)CC1)Nc1cc(Cl)ccc1Cl. The maximum Gasteiger partial charge on any atom is 0.238 e. The summed E-state index contributed by atoms with van der Waals surface area (Å²) in [5, 5.41) is 3.86. The molecule has 2 aromatic rings. The van der Waals surface area contributed by atoms with E-state index in [1.807, 2.05) is 24.5 Å². The van der Waals surface area contributed by atoms with Crippen molar-refractivity contribution in [2.75, 3.05) is 38.0 Å². The summed E-state index contributed by atoms with van der Waals surface area (Å²) in [5.74, 6) is -0.0771. The molecule has 132 valence electrons. The Bertz CT molecular complexity index is 718. The number of piperazine rings is 1. The van der Waals surface area contributed by atoms with E-state index in [1.54, 1.807) is 18.2 Å².